The summed E-state index contributed by atoms with van der Waals surface area (Å²) in [5.41, 5.74) is 10.3. The minimum absolute atomic E-state index is 0.165. The predicted molar refractivity (Wildman–Crippen MR) is 130 cm³/mol. The normalized spacial score (nSPS) is 17.0. The number of primary amides is 1. The number of benzene rings is 2. The van der Waals surface area contributed by atoms with Crippen LogP contribution in [-0.4, -0.2) is 35.4 Å². The zero-order valence-corrected chi connectivity index (χ0v) is 18.9. The Morgan fingerprint density at radius 1 is 1.03 bits per heavy atom. The van der Waals surface area contributed by atoms with Crippen LogP contribution in [0.15, 0.2) is 79.1 Å². The van der Waals surface area contributed by atoms with E-state index >= 15 is 0 Å². The molecule has 32 heavy (non-hydrogen) atoms. The summed E-state index contributed by atoms with van der Waals surface area (Å²) in [5.74, 6) is 0.371. The highest BCUT2D eigenvalue weighted by atomic mass is 16.1. The predicted octanol–water partition coefficient (Wildman–Crippen LogP) is 5.05. The molecule has 1 fully saturated rings. The van der Waals surface area contributed by atoms with E-state index in [9.17, 15) is 4.79 Å². The van der Waals surface area contributed by atoms with E-state index in [0.717, 1.165) is 55.6 Å². The Morgan fingerprint density at radius 3 is 2.47 bits per heavy atom. The molecule has 4 heteroatoms. The largest absolute Gasteiger partial charge is 0.369 e. The number of rotatable bonds is 8. The number of hydrogen-bond acceptors (Lipinski definition) is 3. The first-order valence-electron chi connectivity index (χ1n) is 11.6. The monoisotopic (exact) mass is 427 g/mol. The van der Waals surface area contributed by atoms with Gasteiger partial charge in [-0.3, -0.25) is 9.78 Å². The van der Waals surface area contributed by atoms with Gasteiger partial charge in [0.2, 0.25) is 5.91 Å². The Labute approximate surface area is 191 Å². The summed E-state index contributed by atoms with van der Waals surface area (Å²) in [7, 11) is 0. The molecule has 0 spiro atoms. The van der Waals surface area contributed by atoms with Gasteiger partial charge in [0.25, 0.3) is 0 Å². The van der Waals surface area contributed by atoms with Crippen molar-refractivity contribution in [3.05, 3.63) is 90.3 Å². The lowest BCUT2D eigenvalue weighted by molar-refractivity contribution is -0.130. The van der Waals surface area contributed by atoms with E-state index in [4.69, 9.17) is 5.73 Å². The molecule has 2 heterocycles. The van der Waals surface area contributed by atoms with Crippen molar-refractivity contribution in [2.24, 2.45) is 11.1 Å². The number of piperidine rings is 1. The topological polar surface area (TPSA) is 59.2 Å². The van der Waals surface area contributed by atoms with Crippen molar-refractivity contribution < 1.29 is 4.79 Å². The minimum Gasteiger partial charge on any atom is -0.369 e. The molecule has 1 aromatic heterocycles. The molecule has 1 saturated heterocycles. The van der Waals surface area contributed by atoms with Crippen molar-refractivity contribution in [2.75, 3.05) is 19.6 Å². The van der Waals surface area contributed by atoms with E-state index in [1.807, 2.05) is 12.3 Å². The Hall–Kier alpha value is -2.98. The lowest BCUT2D eigenvalue weighted by Gasteiger charge is -2.40. The molecule has 0 aliphatic carbocycles. The van der Waals surface area contributed by atoms with E-state index in [1.54, 1.807) is 6.20 Å². The molecular weight excluding hydrogens is 394 g/mol. The van der Waals surface area contributed by atoms with Crippen LogP contribution in [0.1, 0.15) is 43.2 Å². The Morgan fingerprint density at radius 2 is 1.78 bits per heavy atom. The highest BCUT2D eigenvalue weighted by Crippen LogP contribution is 2.36. The molecule has 1 aliphatic heterocycles. The summed E-state index contributed by atoms with van der Waals surface area (Å²) in [6.45, 7) is 5.20. The molecule has 4 nitrogen and oxygen atoms in total. The Balaban J connectivity index is 1.38. The molecule has 1 atom stereocenters. The molecule has 2 N–H and O–H groups in total. The lowest BCUT2D eigenvalue weighted by atomic mass is 9.73. The molecule has 2 aromatic carbocycles. The van der Waals surface area contributed by atoms with Crippen LogP contribution < -0.4 is 5.73 Å². The number of pyridine rings is 1. The van der Waals surface area contributed by atoms with Crippen molar-refractivity contribution in [1.29, 1.82) is 0 Å². The van der Waals surface area contributed by atoms with Gasteiger partial charge in [-0.2, -0.15) is 0 Å². The van der Waals surface area contributed by atoms with Gasteiger partial charge >= 0.3 is 0 Å². The molecule has 0 unspecified atom stereocenters. The Kier molecular flexibility index (Phi) is 7.01. The van der Waals surface area contributed by atoms with Crippen LogP contribution in [0.5, 0.6) is 0 Å². The molecule has 1 aliphatic rings. The van der Waals surface area contributed by atoms with Gasteiger partial charge in [0.15, 0.2) is 0 Å². The second kappa shape index (κ2) is 10.1. The van der Waals surface area contributed by atoms with E-state index in [1.165, 1.54) is 5.56 Å². The summed E-state index contributed by atoms with van der Waals surface area (Å²) < 4.78 is 0. The molecule has 0 radical (unpaired) electrons. The number of nitrogens with two attached hydrogens (primary N) is 1. The summed E-state index contributed by atoms with van der Waals surface area (Å²) in [6.07, 6.45) is 7.12. The van der Waals surface area contributed by atoms with Crippen molar-refractivity contribution in [2.45, 2.75) is 38.5 Å². The average molecular weight is 428 g/mol. The molecule has 4 rings (SSSR count). The van der Waals surface area contributed by atoms with Crippen molar-refractivity contribution in [3.8, 4) is 11.1 Å². The maximum Gasteiger partial charge on any atom is 0.224 e. The van der Waals surface area contributed by atoms with Gasteiger partial charge in [-0.05, 0) is 79.6 Å². The van der Waals surface area contributed by atoms with Crippen LogP contribution in [0, 0.1) is 5.41 Å². The van der Waals surface area contributed by atoms with Crippen LogP contribution >= 0.6 is 0 Å². The standard InChI is InChI=1S/C28H33N3O/c1-22(24-8-3-2-4-9-24)12-16-31-17-13-28(14-18-31,27(29)32)20-23-7-5-10-25(19-23)26-11-6-15-30-21-26/h2-11,15,19,21-22H,12-14,16-18,20H2,1H3,(H2,29,32)/t22-/m1/s1. The molecule has 0 bridgehead atoms. The smallest absolute Gasteiger partial charge is 0.224 e. The summed E-state index contributed by atoms with van der Waals surface area (Å²) in [6, 6.07) is 23.1. The van der Waals surface area contributed by atoms with Gasteiger partial charge < -0.3 is 10.6 Å². The average Bonchev–Trinajstić information content (AvgIpc) is 2.84. The maximum absolute atomic E-state index is 12.6. The summed E-state index contributed by atoms with van der Waals surface area (Å²) >= 11 is 0. The SMILES string of the molecule is C[C@H](CCN1CCC(Cc2cccc(-c3cccnc3)c2)(C(N)=O)CC1)c1ccccc1. The number of nitrogens with zero attached hydrogens (tertiary/aromatic N) is 2. The van der Waals surface area contributed by atoms with Crippen LogP contribution in [0.2, 0.25) is 0 Å². The maximum atomic E-state index is 12.6. The molecule has 1 amide bonds. The fourth-order valence-electron chi connectivity index (χ4n) is 4.82. The van der Waals surface area contributed by atoms with E-state index in [-0.39, 0.29) is 5.91 Å². The summed E-state index contributed by atoms with van der Waals surface area (Å²) in [5, 5.41) is 0. The third kappa shape index (κ3) is 5.25. The third-order valence-corrected chi connectivity index (χ3v) is 7.05. The first kappa shape index (κ1) is 22.2. The van der Waals surface area contributed by atoms with Gasteiger partial charge in [-0.15, -0.1) is 0 Å². The fraction of sp³-hybridized carbons (Fsp3) is 0.357. The third-order valence-electron chi connectivity index (χ3n) is 7.05. The number of hydrogen-bond donors (Lipinski definition) is 1. The lowest BCUT2D eigenvalue weighted by Crippen LogP contribution is -2.48. The van der Waals surface area contributed by atoms with Gasteiger partial charge in [-0.1, -0.05) is 67.6 Å². The van der Waals surface area contributed by atoms with E-state index in [2.05, 4.69) is 77.5 Å². The van der Waals surface area contributed by atoms with Crippen molar-refractivity contribution >= 4 is 5.91 Å². The van der Waals surface area contributed by atoms with Crippen molar-refractivity contribution in [3.63, 3.8) is 0 Å². The van der Waals surface area contributed by atoms with Crippen molar-refractivity contribution in [1.82, 2.24) is 9.88 Å². The number of carbonyl (C=O) groups excluding carboxylic acids is 1. The highest BCUT2D eigenvalue weighted by Gasteiger charge is 2.39. The second-order valence-electron chi connectivity index (χ2n) is 9.21. The van der Waals surface area contributed by atoms with Crippen LogP contribution in [-0.2, 0) is 11.2 Å². The summed E-state index contributed by atoms with van der Waals surface area (Å²) in [4.78, 5) is 19.3. The van der Waals surface area contributed by atoms with Gasteiger partial charge in [0.05, 0.1) is 5.41 Å². The number of likely N-dealkylation sites (tertiary alicyclic amines) is 1. The van der Waals surface area contributed by atoms with E-state index < -0.39 is 5.41 Å². The zero-order valence-electron chi connectivity index (χ0n) is 18.9. The number of amides is 1. The first-order valence-corrected chi connectivity index (χ1v) is 11.6. The number of carbonyl (C=O) groups is 1. The molecule has 0 saturated carbocycles. The first-order chi connectivity index (χ1) is 15.6. The zero-order chi connectivity index (χ0) is 22.4. The molecule has 3 aromatic rings. The van der Waals surface area contributed by atoms with Crippen LogP contribution in [0.4, 0.5) is 0 Å². The van der Waals surface area contributed by atoms with Gasteiger partial charge in [0, 0.05) is 12.4 Å². The van der Waals surface area contributed by atoms with Crippen LogP contribution in [0.3, 0.4) is 0 Å². The quantitative estimate of drug-likeness (QED) is 0.547. The van der Waals surface area contributed by atoms with Gasteiger partial charge in [-0.25, -0.2) is 0 Å². The van der Waals surface area contributed by atoms with Crippen LogP contribution in [0.25, 0.3) is 11.1 Å². The van der Waals surface area contributed by atoms with Gasteiger partial charge in [0.1, 0.15) is 0 Å². The minimum atomic E-state index is -0.463. The second-order valence-corrected chi connectivity index (χ2v) is 9.21. The molecular formula is C28H33N3O. The highest BCUT2D eigenvalue weighted by molar-refractivity contribution is 5.81. The Bertz CT molecular complexity index is 1010. The fourth-order valence-corrected chi connectivity index (χ4v) is 4.82. The van der Waals surface area contributed by atoms with E-state index in [0.29, 0.717) is 12.3 Å². The molecule has 166 valence electrons. The number of aromatic nitrogens is 1.